The van der Waals surface area contributed by atoms with Gasteiger partial charge in [-0.3, -0.25) is 9.67 Å². The van der Waals surface area contributed by atoms with Crippen molar-refractivity contribution in [2.45, 2.75) is 46.1 Å². The van der Waals surface area contributed by atoms with Crippen LogP contribution in [0.5, 0.6) is 0 Å². The molecule has 0 aliphatic rings. The van der Waals surface area contributed by atoms with Crippen LogP contribution in [0.3, 0.4) is 0 Å². The molecule has 19 heavy (non-hydrogen) atoms. The maximum atomic E-state index is 5.33. The zero-order valence-electron chi connectivity index (χ0n) is 12.2. The van der Waals surface area contributed by atoms with E-state index in [1.54, 1.807) is 0 Å². The Hall–Kier alpha value is -1.42. The van der Waals surface area contributed by atoms with E-state index >= 15 is 0 Å². The number of H-pyrrole nitrogens is 1. The molecule has 0 aliphatic heterocycles. The fourth-order valence-corrected chi connectivity index (χ4v) is 2.54. The van der Waals surface area contributed by atoms with Crippen molar-refractivity contribution in [2.24, 2.45) is 0 Å². The van der Waals surface area contributed by atoms with E-state index in [4.69, 9.17) is 12.2 Å². The molecule has 0 fully saturated rings. The Morgan fingerprint density at radius 2 is 1.74 bits per heavy atom. The average Bonchev–Trinajstić information content (AvgIpc) is 2.71. The summed E-state index contributed by atoms with van der Waals surface area (Å²) in [6.45, 7) is 10.8. The highest BCUT2D eigenvalue weighted by molar-refractivity contribution is 7.71. The summed E-state index contributed by atoms with van der Waals surface area (Å²) in [6, 6.07) is 8.54. The molecule has 0 radical (unpaired) electrons. The fraction of sp³-hybridized carbons (Fsp3) is 0.467. The number of nitrogens with one attached hydrogen (secondary N) is 1. The van der Waals surface area contributed by atoms with Gasteiger partial charge in [-0.05, 0) is 44.5 Å². The van der Waals surface area contributed by atoms with Gasteiger partial charge in [-0.25, -0.2) is 0 Å². The minimum Gasteiger partial charge on any atom is -0.295 e. The Morgan fingerprint density at radius 1 is 1.16 bits per heavy atom. The molecule has 1 aromatic carbocycles. The quantitative estimate of drug-likeness (QED) is 0.819. The third-order valence-corrected chi connectivity index (χ3v) is 3.45. The number of nitrogens with zero attached hydrogens (tertiary/aromatic N) is 2. The van der Waals surface area contributed by atoms with Gasteiger partial charge in [0.25, 0.3) is 0 Å². The van der Waals surface area contributed by atoms with Crippen LogP contribution in [0.1, 0.15) is 46.1 Å². The Labute approximate surface area is 119 Å². The molecule has 0 bridgehead atoms. The summed E-state index contributed by atoms with van der Waals surface area (Å²) in [7, 11) is 0. The molecule has 0 spiro atoms. The molecule has 102 valence electrons. The van der Waals surface area contributed by atoms with Crippen molar-refractivity contribution in [2.75, 3.05) is 0 Å². The van der Waals surface area contributed by atoms with Crippen molar-refractivity contribution in [1.29, 1.82) is 0 Å². The second-order valence-electron chi connectivity index (χ2n) is 6.14. The van der Waals surface area contributed by atoms with Crippen molar-refractivity contribution in [3.05, 3.63) is 34.6 Å². The molecule has 3 nitrogen and oxygen atoms in total. The summed E-state index contributed by atoms with van der Waals surface area (Å²) < 4.78 is 2.72. The maximum Gasteiger partial charge on any atom is 0.195 e. The van der Waals surface area contributed by atoms with Crippen molar-refractivity contribution < 1.29 is 0 Å². The lowest BCUT2D eigenvalue weighted by molar-refractivity contribution is 0.395. The van der Waals surface area contributed by atoms with Crippen LogP contribution >= 0.6 is 12.2 Å². The van der Waals surface area contributed by atoms with Gasteiger partial charge in [0.2, 0.25) is 0 Å². The first-order chi connectivity index (χ1) is 8.80. The van der Waals surface area contributed by atoms with Gasteiger partial charge in [-0.15, -0.1) is 0 Å². The van der Waals surface area contributed by atoms with Crippen LogP contribution in [0.2, 0.25) is 0 Å². The summed E-state index contributed by atoms with van der Waals surface area (Å²) in [5.74, 6) is 1.44. The van der Waals surface area contributed by atoms with Crippen LogP contribution in [-0.4, -0.2) is 14.8 Å². The van der Waals surface area contributed by atoms with Gasteiger partial charge in [-0.1, -0.05) is 38.1 Å². The number of hydrogen-bond acceptors (Lipinski definition) is 2. The van der Waals surface area contributed by atoms with Crippen molar-refractivity contribution in [3.8, 4) is 11.4 Å². The third-order valence-electron chi connectivity index (χ3n) is 3.18. The summed E-state index contributed by atoms with van der Waals surface area (Å²) in [6.07, 6.45) is 0. The van der Waals surface area contributed by atoms with Crippen LogP contribution < -0.4 is 0 Å². The number of aromatic amines is 1. The molecule has 0 aliphatic carbocycles. The first kappa shape index (κ1) is 14.0. The first-order valence-corrected chi connectivity index (χ1v) is 7.00. The largest absolute Gasteiger partial charge is 0.295 e. The standard InChI is InChI=1S/C15H21N3S/c1-10(2)11-6-8-12(9-7-11)13-16-17-14(19)18(13)15(3,4)5/h6-10H,1-5H3,(H,17,19). The summed E-state index contributed by atoms with van der Waals surface area (Å²) >= 11 is 5.33. The van der Waals surface area contributed by atoms with Gasteiger partial charge in [0, 0.05) is 11.1 Å². The van der Waals surface area contributed by atoms with Gasteiger partial charge in [-0.2, -0.15) is 5.10 Å². The van der Waals surface area contributed by atoms with E-state index < -0.39 is 0 Å². The van der Waals surface area contributed by atoms with Crippen LogP contribution in [0.4, 0.5) is 0 Å². The van der Waals surface area contributed by atoms with E-state index in [1.165, 1.54) is 5.56 Å². The van der Waals surface area contributed by atoms with Crippen molar-refractivity contribution in [1.82, 2.24) is 14.8 Å². The highest BCUT2D eigenvalue weighted by atomic mass is 32.1. The highest BCUT2D eigenvalue weighted by Gasteiger charge is 2.20. The van der Waals surface area contributed by atoms with Crippen LogP contribution in [0.15, 0.2) is 24.3 Å². The summed E-state index contributed by atoms with van der Waals surface area (Å²) in [5, 5.41) is 7.27. The lowest BCUT2D eigenvalue weighted by atomic mass is 10.0. The van der Waals surface area contributed by atoms with Crippen LogP contribution in [0.25, 0.3) is 11.4 Å². The molecule has 1 heterocycles. The van der Waals surface area contributed by atoms with Gasteiger partial charge in [0.1, 0.15) is 0 Å². The molecule has 0 amide bonds. The van der Waals surface area contributed by atoms with Gasteiger partial charge >= 0.3 is 0 Å². The molecule has 0 saturated carbocycles. The van der Waals surface area contributed by atoms with Gasteiger partial charge < -0.3 is 0 Å². The number of rotatable bonds is 2. The van der Waals surface area contributed by atoms with Crippen LogP contribution in [-0.2, 0) is 5.54 Å². The molecule has 1 N–H and O–H groups in total. The zero-order chi connectivity index (χ0) is 14.2. The van der Waals surface area contributed by atoms with E-state index in [1.807, 2.05) is 0 Å². The molecule has 2 aromatic rings. The Kier molecular flexibility index (Phi) is 3.63. The summed E-state index contributed by atoms with van der Waals surface area (Å²) in [4.78, 5) is 0. The average molecular weight is 275 g/mol. The molecule has 0 atom stereocenters. The molecule has 0 unspecified atom stereocenters. The van der Waals surface area contributed by atoms with E-state index in [-0.39, 0.29) is 5.54 Å². The van der Waals surface area contributed by atoms with Gasteiger partial charge in [0.05, 0.1) is 0 Å². The number of hydrogen-bond donors (Lipinski definition) is 1. The smallest absolute Gasteiger partial charge is 0.195 e. The fourth-order valence-electron chi connectivity index (χ4n) is 2.13. The highest BCUT2D eigenvalue weighted by Crippen LogP contribution is 2.26. The zero-order valence-corrected chi connectivity index (χ0v) is 13.0. The maximum absolute atomic E-state index is 5.33. The lowest BCUT2D eigenvalue weighted by Gasteiger charge is -2.22. The van der Waals surface area contributed by atoms with Gasteiger partial charge in [0.15, 0.2) is 10.6 Å². The molecular weight excluding hydrogens is 254 g/mol. The van der Waals surface area contributed by atoms with E-state index in [2.05, 4.69) is 73.6 Å². The number of benzene rings is 1. The predicted molar refractivity (Wildman–Crippen MR) is 81.9 cm³/mol. The van der Waals surface area contributed by atoms with E-state index in [9.17, 15) is 0 Å². The Morgan fingerprint density at radius 3 is 2.21 bits per heavy atom. The minimum atomic E-state index is -0.0872. The Bertz CT molecular complexity index is 612. The monoisotopic (exact) mass is 275 g/mol. The van der Waals surface area contributed by atoms with Crippen molar-refractivity contribution >= 4 is 12.2 Å². The normalized spacial score (nSPS) is 12.1. The van der Waals surface area contributed by atoms with Crippen LogP contribution in [0, 0.1) is 4.77 Å². The van der Waals surface area contributed by atoms with Crippen molar-refractivity contribution in [3.63, 3.8) is 0 Å². The predicted octanol–water partition coefficient (Wildman–Crippen LogP) is 4.49. The first-order valence-electron chi connectivity index (χ1n) is 6.59. The molecular formula is C15H21N3S. The number of aromatic nitrogens is 3. The summed E-state index contributed by atoms with van der Waals surface area (Å²) in [5.41, 5.74) is 2.34. The van der Waals surface area contributed by atoms with E-state index in [0.29, 0.717) is 10.7 Å². The molecule has 1 aromatic heterocycles. The lowest BCUT2D eigenvalue weighted by Crippen LogP contribution is -2.22. The topological polar surface area (TPSA) is 33.6 Å². The minimum absolute atomic E-state index is 0.0872. The second kappa shape index (κ2) is 4.93. The molecule has 2 rings (SSSR count). The molecule has 0 saturated heterocycles. The third kappa shape index (κ3) is 2.78. The van der Waals surface area contributed by atoms with E-state index in [0.717, 1.165) is 11.4 Å². The second-order valence-corrected chi connectivity index (χ2v) is 6.52. The Balaban J connectivity index is 2.51. The SMILES string of the molecule is CC(C)c1ccc(-c2n[nH]c(=S)n2C(C)(C)C)cc1. The molecule has 4 heteroatoms.